The topological polar surface area (TPSA) is 99.4 Å². The number of rotatable bonds is 14. The number of hydrogen-bond acceptors (Lipinski definition) is 6. The fourth-order valence-electron chi connectivity index (χ4n) is 3.52. The van der Waals surface area contributed by atoms with Gasteiger partial charge in [0.15, 0.2) is 6.29 Å². The molecule has 0 aliphatic carbocycles. The molecule has 27 heavy (non-hydrogen) atoms. The first kappa shape index (κ1) is 25.0. The van der Waals surface area contributed by atoms with Gasteiger partial charge in [-0.3, -0.25) is 0 Å². The second-order valence-electron chi connectivity index (χ2n) is 8.71. The molecule has 6 nitrogen and oxygen atoms in total. The molecule has 0 radical (unpaired) electrons. The zero-order chi connectivity index (χ0) is 20.3. The molecule has 0 aromatic carbocycles. The molecule has 0 bridgehead atoms. The zero-order valence-corrected chi connectivity index (χ0v) is 18.5. The van der Waals surface area contributed by atoms with Gasteiger partial charge < -0.3 is 29.9 Å². The molecule has 1 fully saturated rings. The Labute approximate surface area is 165 Å². The van der Waals surface area contributed by atoms with E-state index in [0.717, 1.165) is 6.04 Å². The number of ether oxygens (including phenoxy) is 2. The standard InChI is InChI=1S/C20H42O6Si/c1-4-5-6-7-8-9-10-11-13-27(2,3)14-12-25-20-19(24)18(23)17(22)16(15-21)26-20/h16-24H,4-15H2,1-3H3/t16-,17-,18+,19-,20-/m1/s1. The Bertz CT molecular complexity index is 379. The molecule has 0 saturated carbocycles. The van der Waals surface area contributed by atoms with E-state index < -0.39 is 45.4 Å². The van der Waals surface area contributed by atoms with Gasteiger partial charge in [0.25, 0.3) is 0 Å². The zero-order valence-electron chi connectivity index (χ0n) is 17.5. The third kappa shape index (κ3) is 9.34. The molecular weight excluding hydrogens is 364 g/mol. The van der Waals surface area contributed by atoms with Gasteiger partial charge in [0.05, 0.1) is 6.61 Å². The third-order valence-corrected chi connectivity index (χ3v) is 8.88. The first-order valence-electron chi connectivity index (χ1n) is 10.7. The van der Waals surface area contributed by atoms with Gasteiger partial charge in [0.1, 0.15) is 24.4 Å². The van der Waals surface area contributed by atoms with Gasteiger partial charge in [-0.1, -0.05) is 77.4 Å². The summed E-state index contributed by atoms with van der Waals surface area (Å²) < 4.78 is 11.0. The predicted octanol–water partition coefficient (Wildman–Crippen LogP) is 2.65. The molecule has 5 atom stereocenters. The minimum atomic E-state index is -1.37. The van der Waals surface area contributed by atoms with E-state index in [2.05, 4.69) is 20.0 Å². The smallest absolute Gasteiger partial charge is 0.186 e. The Morgan fingerprint density at radius 2 is 1.41 bits per heavy atom. The molecule has 1 aliphatic heterocycles. The van der Waals surface area contributed by atoms with Crippen molar-refractivity contribution in [1.29, 1.82) is 0 Å². The molecule has 7 heteroatoms. The minimum Gasteiger partial charge on any atom is -0.394 e. The van der Waals surface area contributed by atoms with Gasteiger partial charge >= 0.3 is 0 Å². The van der Waals surface area contributed by atoms with Crippen LogP contribution in [0.15, 0.2) is 0 Å². The first-order chi connectivity index (χ1) is 12.8. The summed E-state index contributed by atoms with van der Waals surface area (Å²) in [5.41, 5.74) is 0. The molecule has 0 aromatic heterocycles. The van der Waals surface area contributed by atoms with Crippen LogP contribution in [0.3, 0.4) is 0 Å². The third-order valence-electron chi connectivity index (χ3n) is 5.62. The van der Waals surface area contributed by atoms with Crippen LogP contribution < -0.4 is 0 Å². The van der Waals surface area contributed by atoms with Crippen molar-refractivity contribution in [3.05, 3.63) is 0 Å². The highest BCUT2D eigenvalue weighted by atomic mass is 28.3. The largest absolute Gasteiger partial charge is 0.394 e. The Hall–Kier alpha value is -0.0231. The first-order valence-corrected chi connectivity index (χ1v) is 14.2. The van der Waals surface area contributed by atoms with Gasteiger partial charge in [0, 0.05) is 14.7 Å². The molecule has 1 heterocycles. The van der Waals surface area contributed by atoms with Gasteiger partial charge in [-0.25, -0.2) is 0 Å². The lowest BCUT2D eigenvalue weighted by Crippen LogP contribution is -2.59. The van der Waals surface area contributed by atoms with E-state index in [9.17, 15) is 20.4 Å². The number of hydrogen-bond donors (Lipinski definition) is 4. The maximum absolute atomic E-state index is 10.00. The molecular formula is C20H42O6Si. The van der Waals surface area contributed by atoms with Crippen molar-refractivity contribution < 1.29 is 29.9 Å². The van der Waals surface area contributed by atoms with Crippen molar-refractivity contribution in [3.8, 4) is 0 Å². The molecule has 0 unspecified atom stereocenters. The number of unbranched alkanes of at least 4 members (excludes halogenated alkanes) is 7. The van der Waals surface area contributed by atoms with Crippen molar-refractivity contribution in [2.75, 3.05) is 13.2 Å². The lowest BCUT2D eigenvalue weighted by atomic mass is 9.99. The van der Waals surface area contributed by atoms with Crippen molar-refractivity contribution in [2.45, 2.75) is 114 Å². The minimum absolute atomic E-state index is 0.427. The van der Waals surface area contributed by atoms with E-state index in [1.165, 1.54) is 57.4 Å². The fourth-order valence-corrected chi connectivity index (χ4v) is 5.65. The average Bonchev–Trinajstić information content (AvgIpc) is 2.63. The number of aliphatic hydroxyl groups excluding tert-OH is 4. The van der Waals surface area contributed by atoms with Crippen LogP contribution >= 0.6 is 0 Å². The molecule has 0 spiro atoms. The van der Waals surface area contributed by atoms with Gasteiger partial charge in [0.2, 0.25) is 0 Å². The van der Waals surface area contributed by atoms with Crippen LogP contribution in [0.25, 0.3) is 0 Å². The van der Waals surface area contributed by atoms with Gasteiger partial charge in [-0.2, -0.15) is 0 Å². The Balaban J connectivity index is 2.19. The second kappa shape index (κ2) is 13.2. The highest BCUT2D eigenvalue weighted by Gasteiger charge is 2.44. The molecule has 1 saturated heterocycles. The summed E-state index contributed by atoms with van der Waals surface area (Å²) in [6, 6.07) is 2.22. The molecule has 1 rings (SSSR count). The summed E-state index contributed by atoms with van der Waals surface area (Å²) in [5, 5.41) is 38.8. The van der Waals surface area contributed by atoms with E-state index in [1.807, 2.05) is 0 Å². The second-order valence-corrected chi connectivity index (χ2v) is 14.0. The Kier molecular flexibility index (Phi) is 12.3. The van der Waals surface area contributed by atoms with E-state index >= 15 is 0 Å². The maximum Gasteiger partial charge on any atom is 0.186 e. The molecule has 0 aromatic rings. The maximum atomic E-state index is 10.00. The van der Waals surface area contributed by atoms with E-state index in [-0.39, 0.29) is 0 Å². The predicted molar refractivity (Wildman–Crippen MR) is 109 cm³/mol. The van der Waals surface area contributed by atoms with Crippen molar-refractivity contribution in [3.63, 3.8) is 0 Å². The quantitative estimate of drug-likeness (QED) is 0.261. The van der Waals surface area contributed by atoms with E-state index in [0.29, 0.717) is 6.61 Å². The summed E-state index contributed by atoms with van der Waals surface area (Å²) in [7, 11) is -1.37. The molecule has 4 N–H and O–H groups in total. The van der Waals surface area contributed by atoms with Crippen molar-refractivity contribution >= 4 is 8.07 Å². The van der Waals surface area contributed by atoms with E-state index in [1.54, 1.807) is 0 Å². The molecule has 1 aliphatic rings. The SMILES string of the molecule is CCCCCCCCCC[Si](C)(C)CCO[C@@H]1O[C@H](CO)[C@@H](O)[C@H](O)[C@H]1O. The summed E-state index contributed by atoms with van der Waals surface area (Å²) in [4.78, 5) is 0. The van der Waals surface area contributed by atoms with Crippen LogP contribution in [0, 0.1) is 0 Å². The monoisotopic (exact) mass is 406 g/mol. The van der Waals surface area contributed by atoms with Crippen LogP contribution in [0.1, 0.15) is 58.3 Å². The lowest BCUT2D eigenvalue weighted by Gasteiger charge is -2.39. The molecule has 0 amide bonds. The fraction of sp³-hybridized carbons (Fsp3) is 1.00. The highest BCUT2D eigenvalue weighted by molar-refractivity contribution is 6.77. The summed E-state index contributed by atoms with van der Waals surface area (Å²) in [6.45, 7) is 6.98. The van der Waals surface area contributed by atoms with Crippen LogP contribution in [-0.2, 0) is 9.47 Å². The van der Waals surface area contributed by atoms with Gasteiger partial charge in [-0.05, 0) is 6.04 Å². The van der Waals surface area contributed by atoms with Crippen LogP contribution in [0.5, 0.6) is 0 Å². The lowest BCUT2D eigenvalue weighted by molar-refractivity contribution is -0.300. The molecule has 162 valence electrons. The normalized spacial score (nSPS) is 29.2. The Morgan fingerprint density at radius 1 is 0.815 bits per heavy atom. The van der Waals surface area contributed by atoms with Crippen molar-refractivity contribution in [2.24, 2.45) is 0 Å². The average molecular weight is 407 g/mol. The van der Waals surface area contributed by atoms with Crippen LogP contribution in [-0.4, -0.2) is 72.4 Å². The summed E-state index contributed by atoms with van der Waals surface area (Å²) in [5.74, 6) is 0. The van der Waals surface area contributed by atoms with Gasteiger partial charge in [-0.15, -0.1) is 0 Å². The van der Waals surface area contributed by atoms with Crippen LogP contribution in [0.4, 0.5) is 0 Å². The Morgan fingerprint density at radius 3 is 2.00 bits per heavy atom. The van der Waals surface area contributed by atoms with Crippen molar-refractivity contribution in [1.82, 2.24) is 0 Å². The number of aliphatic hydroxyl groups is 4. The highest BCUT2D eigenvalue weighted by Crippen LogP contribution is 2.24. The summed E-state index contributed by atoms with van der Waals surface area (Å²) in [6.07, 6.45) is 4.71. The van der Waals surface area contributed by atoms with E-state index in [4.69, 9.17) is 9.47 Å². The summed E-state index contributed by atoms with van der Waals surface area (Å²) >= 11 is 0. The van der Waals surface area contributed by atoms with Crippen LogP contribution in [0.2, 0.25) is 25.2 Å².